The van der Waals surface area contributed by atoms with Gasteiger partial charge in [0.15, 0.2) is 18.2 Å². The van der Waals surface area contributed by atoms with Crippen LogP contribution in [0.4, 0.5) is 5.82 Å². The van der Waals surface area contributed by atoms with Crippen LogP contribution in [0.1, 0.15) is 12.1 Å². The summed E-state index contributed by atoms with van der Waals surface area (Å²) in [7, 11) is 3.33. The number of pyridine rings is 1. The standard InChI is InChI=1S/C25H30N6O5/c1-34-17-4-5-18-20(11-17)31(24(33)13-27-18)10-9-30-8-7-19(22(14-30)35-2)26-12-16-3-6-21-25(28-16)29-23(32)15-36-21/h3-6,11,13,19,22,26H,7-10,12,14-15H2,1-2H3,(H,28,29,32)/t19-,22+/m1/s1. The zero-order chi connectivity index (χ0) is 25.1. The van der Waals surface area contributed by atoms with E-state index >= 15 is 0 Å². The van der Waals surface area contributed by atoms with Crippen LogP contribution in [0.25, 0.3) is 11.0 Å². The molecule has 2 N–H and O–H groups in total. The SMILES string of the molecule is COc1ccc2ncc(=O)n(CCN3CC[C@@H](NCc4ccc5c(n4)NC(=O)CO5)[C@@H](OC)C3)c2c1. The van der Waals surface area contributed by atoms with E-state index in [0.29, 0.717) is 30.4 Å². The van der Waals surface area contributed by atoms with Gasteiger partial charge in [0.05, 0.1) is 36.1 Å². The van der Waals surface area contributed by atoms with E-state index in [-0.39, 0.29) is 30.2 Å². The fourth-order valence-corrected chi connectivity index (χ4v) is 4.74. The molecule has 2 aromatic heterocycles. The molecule has 11 nitrogen and oxygen atoms in total. The summed E-state index contributed by atoms with van der Waals surface area (Å²) in [4.78, 5) is 35.2. The molecule has 4 heterocycles. The maximum atomic E-state index is 12.6. The Bertz CT molecular complexity index is 1310. The van der Waals surface area contributed by atoms with E-state index in [2.05, 4.69) is 25.5 Å². The number of rotatable bonds is 8. The lowest BCUT2D eigenvalue weighted by atomic mass is 10.0. The van der Waals surface area contributed by atoms with Crippen molar-refractivity contribution in [3.05, 3.63) is 52.6 Å². The number of anilines is 1. The molecule has 0 unspecified atom stereocenters. The van der Waals surface area contributed by atoms with Crippen LogP contribution < -0.4 is 25.7 Å². The van der Waals surface area contributed by atoms with Gasteiger partial charge >= 0.3 is 0 Å². The summed E-state index contributed by atoms with van der Waals surface area (Å²) < 4.78 is 18.3. The molecule has 1 amide bonds. The van der Waals surface area contributed by atoms with Gasteiger partial charge in [0.1, 0.15) is 5.75 Å². The molecule has 36 heavy (non-hydrogen) atoms. The third-order valence-corrected chi connectivity index (χ3v) is 6.72. The molecule has 0 radical (unpaired) electrons. The topological polar surface area (TPSA) is 120 Å². The minimum Gasteiger partial charge on any atom is -0.497 e. The quantitative estimate of drug-likeness (QED) is 0.473. The molecule has 0 aliphatic carbocycles. The van der Waals surface area contributed by atoms with Gasteiger partial charge in [0.25, 0.3) is 11.5 Å². The molecule has 2 aliphatic heterocycles. The lowest BCUT2D eigenvalue weighted by molar-refractivity contribution is -0.118. The summed E-state index contributed by atoms with van der Waals surface area (Å²) in [5.41, 5.74) is 2.21. The number of likely N-dealkylation sites (tertiary alicyclic amines) is 1. The van der Waals surface area contributed by atoms with Crippen molar-refractivity contribution in [3.8, 4) is 11.5 Å². The van der Waals surface area contributed by atoms with Gasteiger partial charge in [-0.25, -0.2) is 9.97 Å². The molecule has 1 aromatic carbocycles. The van der Waals surface area contributed by atoms with Gasteiger partial charge in [-0.3, -0.25) is 14.5 Å². The first-order valence-corrected chi connectivity index (χ1v) is 12.0. The Labute approximate surface area is 208 Å². The van der Waals surface area contributed by atoms with E-state index < -0.39 is 0 Å². The Morgan fingerprint density at radius 3 is 2.92 bits per heavy atom. The van der Waals surface area contributed by atoms with Crippen LogP contribution in [0.5, 0.6) is 11.5 Å². The highest BCUT2D eigenvalue weighted by molar-refractivity contribution is 5.94. The first kappa shape index (κ1) is 24.2. The Kier molecular flexibility index (Phi) is 7.12. The number of hydrogen-bond acceptors (Lipinski definition) is 9. The van der Waals surface area contributed by atoms with Gasteiger partial charge in [-0.15, -0.1) is 0 Å². The fourth-order valence-electron chi connectivity index (χ4n) is 4.74. The number of hydrogen-bond donors (Lipinski definition) is 2. The van der Waals surface area contributed by atoms with Crippen LogP contribution in [-0.4, -0.2) is 77.9 Å². The van der Waals surface area contributed by atoms with E-state index in [1.54, 1.807) is 18.8 Å². The first-order valence-electron chi connectivity index (χ1n) is 12.0. The van der Waals surface area contributed by atoms with Crippen molar-refractivity contribution in [2.24, 2.45) is 0 Å². The van der Waals surface area contributed by atoms with Gasteiger partial charge in [-0.05, 0) is 37.2 Å². The van der Waals surface area contributed by atoms with Crippen LogP contribution in [0, 0.1) is 0 Å². The Morgan fingerprint density at radius 2 is 2.08 bits per heavy atom. The minimum absolute atomic E-state index is 0.00888. The number of carbonyl (C=O) groups excluding carboxylic acids is 1. The number of methoxy groups -OCH3 is 2. The normalized spacial score (nSPS) is 20.0. The molecule has 190 valence electrons. The number of amides is 1. The van der Waals surface area contributed by atoms with Crippen LogP contribution in [0.2, 0.25) is 0 Å². The van der Waals surface area contributed by atoms with Crippen LogP contribution in [0.3, 0.4) is 0 Å². The van der Waals surface area contributed by atoms with Crippen molar-refractivity contribution in [2.75, 3.05) is 45.8 Å². The molecule has 0 bridgehead atoms. The smallest absolute Gasteiger partial charge is 0.269 e. The van der Waals surface area contributed by atoms with Crippen molar-refractivity contribution >= 4 is 22.8 Å². The summed E-state index contributed by atoms with van der Waals surface area (Å²) >= 11 is 0. The largest absolute Gasteiger partial charge is 0.497 e. The number of benzene rings is 1. The van der Waals surface area contributed by atoms with Gasteiger partial charge in [-0.2, -0.15) is 0 Å². The number of piperidine rings is 1. The van der Waals surface area contributed by atoms with Crippen LogP contribution in [0.15, 0.2) is 41.3 Å². The Morgan fingerprint density at radius 1 is 1.19 bits per heavy atom. The maximum Gasteiger partial charge on any atom is 0.269 e. The number of nitrogens with one attached hydrogen (secondary N) is 2. The summed E-state index contributed by atoms with van der Waals surface area (Å²) in [5.74, 6) is 1.53. The van der Waals surface area contributed by atoms with Gasteiger partial charge < -0.3 is 29.4 Å². The van der Waals surface area contributed by atoms with E-state index in [9.17, 15) is 9.59 Å². The number of nitrogens with zero attached hydrogens (tertiary/aromatic N) is 4. The number of aromatic nitrogens is 3. The highest BCUT2D eigenvalue weighted by atomic mass is 16.5. The van der Waals surface area contributed by atoms with Crippen molar-refractivity contribution in [2.45, 2.75) is 31.7 Å². The van der Waals surface area contributed by atoms with E-state index in [1.807, 2.05) is 30.3 Å². The van der Waals surface area contributed by atoms with E-state index in [0.717, 1.165) is 42.8 Å². The molecular weight excluding hydrogens is 464 g/mol. The second kappa shape index (κ2) is 10.6. The highest BCUT2D eigenvalue weighted by Crippen LogP contribution is 2.25. The monoisotopic (exact) mass is 494 g/mol. The van der Waals surface area contributed by atoms with E-state index in [1.165, 1.54) is 6.20 Å². The summed E-state index contributed by atoms with van der Waals surface area (Å²) in [6, 6.07) is 9.43. The Balaban J connectivity index is 1.19. The van der Waals surface area contributed by atoms with Gasteiger partial charge in [0.2, 0.25) is 0 Å². The molecule has 2 atom stereocenters. The molecule has 11 heteroatoms. The van der Waals surface area contributed by atoms with Gasteiger partial charge in [0, 0.05) is 45.4 Å². The Hall–Kier alpha value is -3.54. The zero-order valence-electron chi connectivity index (χ0n) is 20.4. The lowest BCUT2D eigenvalue weighted by Gasteiger charge is -2.38. The molecule has 2 aliphatic rings. The van der Waals surface area contributed by atoms with Gasteiger partial charge in [-0.1, -0.05) is 0 Å². The lowest BCUT2D eigenvalue weighted by Crippen LogP contribution is -2.53. The second-order valence-corrected chi connectivity index (χ2v) is 8.94. The second-order valence-electron chi connectivity index (χ2n) is 8.94. The average molecular weight is 495 g/mol. The van der Waals surface area contributed by atoms with E-state index in [4.69, 9.17) is 14.2 Å². The molecule has 1 fully saturated rings. The molecule has 3 aromatic rings. The van der Waals surface area contributed by atoms with Crippen LogP contribution in [-0.2, 0) is 22.6 Å². The summed E-state index contributed by atoms with van der Waals surface area (Å²) in [5, 5.41) is 6.30. The number of carbonyl (C=O) groups is 1. The molecule has 5 rings (SSSR count). The number of fused-ring (bicyclic) bond motifs is 2. The third kappa shape index (κ3) is 5.18. The molecule has 0 spiro atoms. The highest BCUT2D eigenvalue weighted by Gasteiger charge is 2.29. The minimum atomic E-state index is -0.201. The van der Waals surface area contributed by atoms with Crippen molar-refractivity contribution in [1.29, 1.82) is 0 Å². The average Bonchev–Trinajstić information content (AvgIpc) is 2.90. The fraction of sp³-hybridized carbons (Fsp3) is 0.440. The molecule has 0 saturated carbocycles. The third-order valence-electron chi connectivity index (χ3n) is 6.72. The first-order chi connectivity index (χ1) is 17.5. The molecular formula is C25H30N6O5. The zero-order valence-corrected chi connectivity index (χ0v) is 20.4. The number of ether oxygens (including phenoxy) is 3. The van der Waals surface area contributed by atoms with Crippen molar-refractivity contribution < 1.29 is 19.0 Å². The van der Waals surface area contributed by atoms with Crippen molar-refractivity contribution in [3.63, 3.8) is 0 Å². The predicted molar refractivity (Wildman–Crippen MR) is 133 cm³/mol. The molecule has 1 saturated heterocycles. The summed E-state index contributed by atoms with van der Waals surface area (Å²) in [6.07, 6.45) is 2.25. The summed E-state index contributed by atoms with van der Waals surface area (Å²) in [6.45, 7) is 3.45. The van der Waals surface area contributed by atoms with Crippen LogP contribution >= 0.6 is 0 Å². The van der Waals surface area contributed by atoms with Crippen molar-refractivity contribution in [1.82, 2.24) is 24.8 Å². The maximum absolute atomic E-state index is 12.6. The predicted octanol–water partition coefficient (Wildman–Crippen LogP) is 1.01.